The van der Waals surface area contributed by atoms with Crippen LogP contribution in [0, 0.1) is 10.8 Å². The van der Waals surface area contributed by atoms with E-state index in [1.807, 2.05) is 24.3 Å². The summed E-state index contributed by atoms with van der Waals surface area (Å²) >= 11 is 0. The highest BCUT2D eigenvalue weighted by molar-refractivity contribution is 6.16. The van der Waals surface area contributed by atoms with Gasteiger partial charge in [0.2, 0.25) is 0 Å². The average molecular weight is 328 g/mol. The zero-order valence-corrected chi connectivity index (χ0v) is 13.8. The summed E-state index contributed by atoms with van der Waals surface area (Å²) in [6.07, 6.45) is 4.52. The number of ether oxygens (including phenoxy) is 2. The number of rotatable bonds is 2. The van der Waals surface area contributed by atoms with Gasteiger partial charge in [-0.05, 0) is 36.8 Å². The van der Waals surface area contributed by atoms with E-state index in [0.29, 0.717) is 0 Å². The van der Waals surface area contributed by atoms with Crippen LogP contribution in [0.15, 0.2) is 36.4 Å². The van der Waals surface area contributed by atoms with Gasteiger partial charge in [0.05, 0.1) is 14.2 Å². The Morgan fingerprint density at radius 2 is 1.29 bits per heavy atom. The molecule has 0 N–H and O–H groups in total. The van der Waals surface area contributed by atoms with Gasteiger partial charge in [0, 0.05) is 0 Å². The highest BCUT2D eigenvalue weighted by Gasteiger charge is 2.61. The van der Waals surface area contributed by atoms with Crippen molar-refractivity contribution in [2.75, 3.05) is 14.2 Å². The minimum atomic E-state index is -1.39. The molecule has 2 bridgehead atoms. The number of fused-ring (bicyclic) bond motifs is 3. The molecule has 2 aliphatic rings. The van der Waals surface area contributed by atoms with E-state index in [9.17, 15) is 14.4 Å². The van der Waals surface area contributed by atoms with Crippen LogP contribution in [-0.2, 0) is 36.7 Å². The zero-order chi connectivity index (χ0) is 17.4. The van der Waals surface area contributed by atoms with E-state index in [1.165, 1.54) is 14.2 Å². The lowest BCUT2D eigenvalue weighted by molar-refractivity contribution is -0.168. The molecule has 24 heavy (non-hydrogen) atoms. The molecule has 0 saturated heterocycles. The fourth-order valence-electron chi connectivity index (χ4n) is 3.96. The first-order chi connectivity index (χ1) is 11.5. The van der Waals surface area contributed by atoms with Crippen molar-refractivity contribution in [1.82, 2.24) is 0 Å². The van der Waals surface area contributed by atoms with Gasteiger partial charge in [-0.1, -0.05) is 36.4 Å². The number of hydrogen-bond donors (Lipinski definition) is 0. The van der Waals surface area contributed by atoms with E-state index < -0.39 is 28.6 Å². The van der Waals surface area contributed by atoms with Crippen molar-refractivity contribution in [3.63, 3.8) is 0 Å². The molecule has 0 aromatic heterocycles. The lowest BCUT2D eigenvalue weighted by Gasteiger charge is -2.34. The lowest BCUT2D eigenvalue weighted by atomic mass is 9.66. The van der Waals surface area contributed by atoms with Crippen molar-refractivity contribution in [3.8, 4) is 0 Å². The fourth-order valence-corrected chi connectivity index (χ4v) is 3.96. The molecule has 0 aliphatic heterocycles. The first-order valence-electron chi connectivity index (χ1n) is 7.94. The van der Waals surface area contributed by atoms with E-state index >= 15 is 0 Å². The number of Topliss-reactive ketones (excluding diaryl/α,β-unsaturated/α-hetero) is 1. The van der Waals surface area contributed by atoms with Gasteiger partial charge < -0.3 is 9.47 Å². The van der Waals surface area contributed by atoms with Crippen LogP contribution in [0.25, 0.3) is 0 Å². The number of hydrogen-bond acceptors (Lipinski definition) is 5. The van der Waals surface area contributed by atoms with Crippen LogP contribution in [0.5, 0.6) is 0 Å². The van der Waals surface area contributed by atoms with Crippen LogP contribution in [0.2, 0.25) is 0 Å². The molecule has 5 nitrogen and oxygen atoms in total. The molecule has 126 valence electrons. The third-order valence-corrected chi connectivity index (χ3v) is 5.22. The van der Waals surface area contributed by atoms with Gasteiger partial charge in [0.15, 0.2) is 5.78 Å². The summed E-state index contributed by atoms with van der Waals surface area (Å²) in [5, 5.41) is 0. The summed E-state index contributed by atoms with van der Waals surface area (Å²) in [6, 6.07) is 7.55. The zero-order valence-electron chi connectivity index (χ0n) is 13.8. The highest BCUT2D eigenvalue weighted by atomic mass is 16.5. The molecule has 1 aromatic rings. The monoisotopic (exact) mass is 328 g/mol. The smallest absolute Gasteiger partial charge is 0.320 e. The van der Waals surface area contributed by atoms with Gasteiger partial charge in [-0.15, -0.1) is 0 Å². The number of carbonyl (C=O) groups excluding carboxylic acids is 3. The van der Waals surface area contributed by atoms with Crippen molar-refractivity contribution in [2.24, 2.45) is 10.8 Å². The van der Waals surface area contributed by atoms with Gasteiger partial charge in [-0.3, -0.25) is 14.4 Å². The third kappa shape index (κ3) is 2.19. The molecule has 0 unspecified atom stereocenters. The minimum absolute atomic E-state index is 0.228. The molecule has 5 heteroatoms. The van der Waals surface area contributed by atoms with Crippen LogP contribution in [0.3, 0.4) is 0 Å². The van der Waals surface area contributed by atoms with Crippen LogP contribution >= 0.6 is 0 Å². The number of methoxy groups -OCH3 is 2. The van der Waals surface area contributed by atoms with Gasteiger partial charge in [0.1, 0.15) is 10.8 Å². The Hall–Kier alpha value is -2.43. The molecule has 0 fully saturated rings. The van der Waals surface area contributed by atoms with E-state index in [2.05, 4.69) is 0 Å². The van der Waals surface area contributed by atoms with Gasteiger partial charge in [-0.2, -0.15) is 0 Å². The average Bonchev–Trinajstić information content (AvgIpc) is 2.82. The van der Waals surface area contributed by atoms with Crippen LogP contribution < -0.4 is 0 Å². The molecule has 0 spiro atoms. The summed E-state index contributed by atoms with van der Waals surface area (Å²) in [5.41, 5.74) is -0.972. The van der Waals surface area contributed by atoms with E-state index in [-0.39, 0.29) is 25.7 Å². The number of allylic oxidation sites excluding steroid dienone is 2. The predicted octanol–water partition coefficient (Wildman–Crippen LogP) is 2.02. The molecule has 2 aliphatic carbocycles. The summed E-state index contributed by atoms with van der Waals surface area (Å²) in [4.78, 5) is 38.8. The molecule has 0 heterocycles. The molecule has 0 amide bonds. The SMILES string of the molecule is COC(=O)[C@]12CC=CC[C@](C(=O)OC)(Cc3ccccc3C1)C2=O. The highest BCUT2D eigenvalue weighted by Crippen LogP contribution is 2.48. The molecular formula is C19H20O5. The van der Waals surface area contributed by atoms with Gasteiger partial charge in [0.25, 0.3) is 0 Å². The van der Waals surface area contributed by atoms with Crippen molar-refractivity contribution in [1.29, 1.82) is 0 Å². The second-order valence-electron chi connectivity index (χ2n) is 6.48. The fraction of sp³-hybridized carbons (Fsp3) is 0.421. The van der Waals surface area contributed by atoms with Gasteiger partial charge >= 0.3 is 11.9 Å². The summed E-state index contributed by atoms with van der Waals surface area (Å²) in [6.45, 7) is 0. The van der Waals surface area contributed by atoms with Crippen LogP contribution in [-0.4, -0.2) is 31.9 Å². The van der Waals surface area contributed by atoms with Crippen LogP contribution in [0.4, 0.5) is 0 Å². The minimum Gasteiger partial charge on any atom is -0.468 e. The Labute approximate surface area is 140 Å². The lowest BCUT2D eigenvalue weighted by Crippen LogP contribution is -2.52. The predicted molar refractivity (Wildman–Crippen MR) is 86.1 cm³/mol. The van der Waals surface area contributed by atoms with E-state index in [1.54, 1.807) is 12.2 Å². The third-order valence-electron chi connectivity index (χ3n) is 5.22. The number of ketones is 1. The first kappa shape index (κ1) is 16.4. The van der Waals surface area contributed by atoms with E-state index in [0.717, 1.165) is 11.1 Å². The molecule has 1 aromatic carbocycles. The normalized spacial score (nSPS) is 28.3. The Morgan fingerprint density at radius 1 is 0.875 bits per heavy atom. The Balaban J connectivity index is 2.29. The number of carbonyl (C=O) groups is 3. The largest absolute Gasteiger partial charge is 0.468 e. The summed E-state index contributed by atoms with van der Waals surface area (Å²) in [7, 11) is 2.55. The maximum Gasteiger partial charge on any atom is 0.320 e. The van der Waals surface area contributed by atoms with Gasteiger partial charge in [-0.25, -0.2) is 0 Å². The van der Waals surface area contributed by atoms with Crippen LogP contribution in [0.1, 0.15) is 24.0 Å². The molecular weight excluding hydrogens is 308 g/mol. The Morgan fingerprint density at radius 3 is 1.67 bits per heavy atom. The van der Waals surface area contributed by atoms with Crippen molar-refractivity contribution in [2.45, 2.75) is 25.7 Å². The number of esters is 2. The first-order valence-corrected chi connectivity index (χ1v) is 7.94. The molecule has 0 saturated carbocycles. The number of benzene rings is 1. The Kier molecular flexibility index (Phi) is 4.03. The summed E-state index contributed by atoms with van der Waals surface area (Å²) < 4.78 is 9.95. The quantitative estimate of drug-likeness (QED) is 0.472. The second kappa shape index (κ2) is 5.89. The maximum absolute atomic E-state index is 13.5. The molecule has 3 rings (SSSR count). The van der Waals surface area contributed by atoms with Crippen molar-refractivity contribution >= 4 is 17.7 Å². The van der Waals surface area contributed by atoms with E-state index in [4.69, 9.17) is 9.47 Å². The topological polar surface area (TPSA) is 69.7 Å². The Bertz CT molecular complexity index is 676. The van der Waals surface area contributed by atoms with Crippen molar-refractivity contribution < 1.29 is 23.9 Å². The standard InChI is InChI=1S/C19H20O5/c1-23-16(21)18-9-5-6-10-19(15(18)20,17(22)24-2)12-14-8-4-3-7-13(14)11-18/h3-8H,9-12H2,1-2H3/t18-,19+. The summed E-state index contributed by atoms with van der Waals surface area (Å²) in [5.74, 6) is -1.58. The van der Waals surface area contributed by atoms with Crippen molar-refractivity contribution in [3.05, 3.63) is 47.5 Å². The second-order valence-corrected chi connectivity index (χ2v) is 6.48. The molecule has 0 radical (unpaired) electrons. The maximum atomic E-state index is 13.5. The molecule has 2 atom stereocenters.